The van der Waals surface area contributed by atoms with Crippen molar-refractivity contribution in [2.45, 2.75) is 31.1 Å². The van der Waals surface area contributed by atoms with E-state index in [4.69, 9.17) is 22.1 Å². The summed E-state index contributed by atoms with van der Waals surface area (Å²) in [6.45, 7) is 2.37. The lowest BCUT2D eigenvalue weighted by Crippen LogP contribution is -2.33. The van der Waals surface area contributed by atoms with Gasteiger partial charge in [-0.3, -0.25) is 9.00 Å². The Hall–Kier alpha value is -1.11. The van der Waals surface area contributed by atoms with Crippen LogP contribution in [0.4, 0.5) is 11.4 Å². The molecule has 0 aliphatic carbocycles. The smallest absolute Gasteiger partial charge is 0.239 e. The molecule has 7 heteroatoms. The summed E-state index contributed by atoms with van der Waals surface area (Å²) in [5.74, 6) is 0.102. The van der Waals surface area contributed by atoms with Gasteiger partial charge in [0.2, 0.25) is 5.91 Å². The molecule has 0 bridgehead atoms. The largest absolute Gasteiger partial charge is 0.397 e. The van der Waals surface area contributed by atoms with E-state index in [9.17, 15) is 9.00 Å². The number of nitrogens with one attached hydrogen (secondary N) is 1. The molecule has 5 nitrogen and oxygen atoms in total. The molecule has 2 rings (SSSR count). The molecule has 0 saturated carbocycles. The predicted octanol–water partition coefficient (Wildman–Crippen LogP) is 2.18. The number of rotatable bonds is 5. The Balaban J connectivity index is 1.91. The summed E-state index contributed by atoms with van der Waals surface area (Å²) in [6, 6.07) is 4.85. The van der Waals surface area contributed by atoms with Gasteiger partial charge in [0, 0.05) is 23.1 Å². The fourth-order valence-corrected chi connectivity index (χ4v) is 3.42. The Morgan fingerprint density at radius 2 is 2.38 bits per heavy atom. The zero-order valence-electron chi connectivity index (χ0n) is 11.8. The molecule has 3 N–H and O–H groups in total. The molecule has 3 unspecified atom stereocenters. The quantitative estimate of drug-likeness (QED) is 0.811. The Morgan fingerprint density at radius 3 is 3.00 bits per heavy atom. The molecular formula is C14H19ClN2O3S. The number of hydrogen-bond donors (Lipinski definition) is 2. The van der Waals surface area contributed by atoms with Gasteiger partial charge >= 0.3 is 0 Å². The van der Waals surface area contributed by atoms with Crippen LogP contribution in [0.15, 0.2) is 18.2 Å². The van der Waals surface area contributed by atoms with Crippen molar-refractivity contribution in [1.82, 2.24) is 0 Å². The lowest BCUT2D eigenvalue weighted by atomic mass is 10.2. The molecule has 1 heterocycles. The van der Waals surface area contributed by atoms with Crippen LogP contribution in [0.3, 0.4) is 0 Å². The van der Waals surface area contributed by atoms with E-state index in [-0.39, 0.29) is 12.0 Å². The number of ether oxygens (including phenoxy) is 1. The summed E-state index contributed by atoms with van der Waals surface area (Å²) < 4.78 is 17.6. The Kier molecular flexibility index (Phi) is 5.61. The van der Waals surface area contributed by atoms with Crippen LogP contribution >= 0.6 is 11.6 Å². The molecule has 0 aromatic heterocycles. The second-order valence-electron chi connectivity index (χ2n) is 5.05. The van der Waals surface area contributed by atoms with Crippen LogP contribution in [0.5, 0.6) is 0 Å². The first-order valence-corrected chi connectivity index (χ1v) is 8.58. The molecule has 1 saturated heterocycles. The minimum atomic E-state index is -1.26. The molecular weight excluding hydrogens is 312 g/mol. The van der Waals surface area contributed by atoms with Gasteiger partial charge in [-0.05, 0) is 38.0 Å². The van der Waals surface area contributed by atoms with Crippen LogP contribution in [-0.4, -0.2) is 33.8 Å². The van der Waals surface area contributed by atoms with E-state index >= 15 is 0 Å². The minimum Gasteiger partial charge on any atom is -0.397 e. The van der Waals surface area contributed by atoms with Gasteiger partial charge in [-0.2, -0.15) is 0 Å². The van der Waals surface area contributed by atoms with E-state index in [0.717, 1.165) is 12.8 Å². The summed E-state index contributed by atoms with van der Waals surface area (Å²) in [4.78, 5) is 12.1. The average Bonchev–Trinajstić information content (AvgIpc) is 2.94. The van der Waals surface area contributed by atoms with Gasteiger partial charge in [-0.1, -0.05) is 11.6 Å². The normalized spacial score (nSPS) is 21.0. The number of hydrogen-bond acceptors (Lipinski definition) is 4. The summed E-state index contributed by atoms with van der Waals surface area (Å²) in [5, 5.41) is 2.53. The van der Waals surface area contributed by atoms with Crippen LogP contribution in [0.2, 0.25) is 5.02 Å². The van der Waals surface area contributed by atoms with Crippen LogP contribution < -0.4 is 11.1 Å². The number of amides is 1. The molecule has 1 amide bonds. The topological polar surface area (TPSA) is 81.4 Å². The van der Waals surface area contributed by atoms with Gasteiger partial charge in [0.25, 0.3) is 0 Å². The maximum Gasteiger partial charge on any atom is 0.239 e. The molecule has 1 aliphatic rings. The Labute approximate surface area is 131 Å². The van der Waals surface area contributed by atoms with Gasteiger partial charge in [0.1, 0.15) is 5.25 Å². The summed E-state index contributed by atoms with van der Waals surface area (Å²) in [5.41, 5.74) is 6.62. The van der Waals surface area contributed by atoms with E-state index in [2.05, 4.69) is 5.32 Å². The summed E-state index contributed by atoms with van der Waals surface area (Å²) in [6.07, 6.45) is 1.91. The first-order valence-electron chi connectivity index (χ1n) is 6.82. The number of halogens is 1. The number of anilines is 2. The average molecular weight is 331 g/mol. The standard InChI is InChI=1S/C14H19ClN2O3S/c1-9(21(19)8-11-3-2-6-20-11)14(18)17-10-4-5-12(15)13(16)7-10/h4-5,7,9,11H,2-3,6,8,16H2,1H3,(H,17,18). The highest BCUT2D eigenvalue weighted by Crippen LogP contribution is 2.22. The fraction of sp³-hybridized carbons (Fsp3) is 0.500. The zero-order chi connectivity index (χ0) is 15.4. The first kappa shape index (κ1) is 16.3. The van der Waals surface area contributed by atoms with E-state index in [1.165, 1.54) is 0 Å². The number of benzene rings is 1. The van der Waals surface area contributed by atoms with Crippen LogP contribution in [0, 0.1) is 0 Å². The monoisotopic (exact) mass is 330 g/mol. The highest BCUT2D eigenvalue weighted by molar-refractivity contribution is 7.86. The lowest BCUT2D eigenvalue weighted by molar-refractivity contribution is -0.115. The van der Waals surface area contributed by atoms with Crippen molar-refractivity contribution in [3.63, 3.8) is 0 Å². The molecule has 1 aromatic rings. The van der Waals surface area contributed by atoms with Gasteiger partial charge in [0.05, 0.1) is 22.6 Å². The Morgan fingerprint density at radius 1 is 1.62 bits per heavy atom. The number of carbonyl (C=O) groups is 1. The maximum absolute atomic E-state index is 12.2. The molecule has 1 aliphatic heterocycles. The third-order valence-electron chi connectivity index (χ3n) is 3.40. The lowest BCUT2D eigenvalue weighted by Gasteiger charge is -2.15. The van der Waals surface area contributed by atoms with Crippen LogP contribution in [0.1, 0.15) is 19.8 Å². The highest BCUT2D eigenvalue weighted by atomic mass is 35.5. The molecule has 1 fully saturated rings. The first-order chi connectivity index (χ1) is 9.97. The molecule has 116 valence electrons. The third kappa shape index (κ3) is 4.43. The number of carbonyl (C=O) groups excluding carboxylic acids is 1. The maximum atomic E-state index is 12.2. The van der Waals surface area contributed by atoms with Crippen molar-refractivity contribution >= 4 is 39.7 Å². The number of nitrogens with two attached hydrogens (primary N) is 1. The van der Waals surface area contributed by atoms with Gasteiger partial charge in [0.15, 0.2) is 0 Å². The van der Waals surface area contributed by atoms with E-state index < -0.39 is 16.0 Å². The summed E-state index contributed by atoms with van der Waals surface area (Å²) >= 11 is 5.83. The second kappa shape index (κ2) is 7.24. The van der Waals surface area contributed by atoms with Crippen molar-refractivity contribution in [2.75, 3.05) is 23.4 Å². The van der Waals surface area contributed by atoms with E-state index in [1.807, 2.05) is 0 Å². The molecule has 3 atom stereocenters. The van der Waals surface area contributed by atoms with Crippen molar-refractivity contribution < 1.29 is 13.7 Å². The van der Waals surface area contributed by atoms with Crippen molar-refractivity contribution in [2.24, 2.45) is 0 Å². The summed E-state index contributed by atoms with van der Waals surface area (Å²) in [7, 11) is -1.26. The van der Waals surface area contributed by atoms with E-state index in [0.29, 0.717) is 28.8 Å². The van der Waals surface area contributed by atoms with Crippen molar-refractivity contribution in [1.29, 1.82) is 0 Å². The highest BCUT2D eigenvalue weighted by Gasteiger charge is 2.25. The molecule has 0 spiro atoms. The van der Waals surface area contributed by atoms with Gasteiger partial charge in [-0.25, -0.2) is 0 Å². The van der Waals surface area contributed by atoms with Gasteiger partial charge < -0.3 is 15.8 Å². The third-order valence-corrected chi connectivity index (χ3v) is 5.45. The van der Waals surface area contributed by atoms with Crippen LogP contribution in [0.25, 0.3) is 0 Å². The minimum absolute atomic E-state index is 0.00672. The predicted molar refractivity (Wildman–Crippen MR) is 85.9 cm³/mol. The number of nitrogen functional groups attached to an aromatic ring is 1. The van der Waals surface area contributed by atoms with E-state index in [1.54, 1.807) is 25.1 Å². The van der Waals surface area contributed by atoms with Gasteiger partial charge in [-0.15, -0.1) is 0 Å². The SMILES string of the molecule is CC(C(=O)Nc1ccc(Cl)c(N)c1)S(=O)CC1CCCO1. The van der Waals surface area contributed by atoms with Crippen molar-refractivity contribution in [3.05, 3.63) is 23.2 Å². The van der Waals surface area contributed by atoms with Crippen LogP contribution in [-0.2, 0) is 20.3 Å². The Bertz CT molecular complexity index is 547. The fourth-order valence-electron chi connectivity index (χ4n) is 2.09. The van der Waals surface area contributed by atoms with Crippen molar-refractivity contribution in [3.8, 4) is 0 Å². The second-order valence-corrected chi connectivity index (χ2v) is 7.26. The zero-order valence-corrected chi connectivity index (χ0v) is 13.4. The molecule has 1 aromatic carbocycles. The molecule has 0 radical (unpaired) electrons. The molecule has 21 heavy (non-hydrogen) atoms.